The Balaban J connectivity index is 1.30. The van der Waals surface area contributed by atoms with Crippen molar-refractivity contribution in [2.75, 3.05) is 5.32 Å². The zero-order valence-electron chi connectivity index (χ0n) is 17.7. The monoisotopic (exact) mass is 452 g/mol. The Morgan fingerprint density at radius 2 is 1.85 bits per heavy atom. The number of nitrogens with zero attached hydrogens (tertiary/aromatic N) is 3. The average molecular weight is 452 g/mol. The number of halogens is 1. The van der Waals surface area contributed by atoms with Crippen molar-refractivity contribution < 1.29 is 9.18 Å². The maximum Gasteiger partial charge on any atom is 0.261 e. The molecule has 0 atom stereocenters. The molecule has 8 nitrogen and oxygen atoms in total. The van der Waals surface area contributed by atoms with Crippen LogP contribution in [0.2, 0.25) is 0 Å². The lowest BCUT2D eigenvalue weighted by Crippen LogP contribution is -2.15. The van der Waals surface area contributed by atoms with Gasteiger partial charge >= 0.3 is 0 Å². The Bertz CT molecular complexity index is 1780. The van der Waals surface area contributed by atoms with E-state index in [1.54, 1.807) is 59.1 Å². The van der Waals surface area contributed by atoms with Gasteiger partial charge in [0.2, 0.25) is 0 Å². The first-order chi connectivity index (χ1) is 16.6. The first-order valence-electron chi connectivity index (χ1n) is 10.6. The Morgan fingerprint density at radius 1 is 1.03 bits per heavy atom. The van der Waals surface area contributed by atoms with Crippen molar-refractivity contribution in [1.82, 2.24) is 24.6 Å². The van der Waals surface area contributed by atoms with Crippen LogP contribution in [0.4, 0.5) is 10.1 Å². The summed E-state index contributed by atoms with van der Waals surface area (Å²) in [5.41, 5.74) is 3.38. The number of imidazole rings is 1. The van der Waals surface area contributed by atoms with Gasteiger partial charge in [0.25, 0.3) is 11.5 Å². The Labute approximate surface area is 191 Å². The van der Waals surface area contributed by atoms with E-state index in [-0.39, 0.29) is 16.9 Å². The molecule has 0 saturated heterocycles. The second-order valence-corrected chi connectivity index (χ2v) is 7.93. The SMILES string of the molecule is O=C(Nc1ccc2nc(Cc3ccccc3F)[nH]c2c1)c1cnn2c1[nH]c(=O)c1ccccc12. The minimum atomic E-state index is -0.411. The Morgan fingerprint density at radius 3 is 2.74 bits per heavy atom. The van der Waals surface area contributed by atoms with E-state index in [0.29, 0.717) is 51.1 Å². The number of aromatic nitrogens is 5. The number of carbonyl (C=O) groups excluding carboxylic acids is 1. The second-order valence-electron chi connectivity index (χ2n) is 7.93. The minimum absolute atomic E-state index is 0.243. The van der Waals surface area contributed by atoms with Crippen LogP contribution in [0, 0.1) is 5.82 Å². The lowest BCUT2D eigenvalue weighted by Gasteiger charge is -2.05. The third-order valence-corrected chi connectivity index (χ3v) is 5.73. The number of nitrogens with one attached hydrogen (secondary N) is 3. The summed E-state index contributed by atoms with van der Waals surface area (Å²) in [5.74, 6) is -0.0721. The van der Waals surface area contributed by atoms with Crippen LogP contribution in [0.25, 0.3) is 27.6 Å². The number of carbonyl (C=O) groups is 1. The van der Waals surface area contributed by atoms with E-state index in [9.17, 15) is 14.0 Å². The molecule has 0 bridgehead atoms. The van der Waals surface area contributed by atoms with Gasteiger partial charge < -0.3 is 15.3 Å². The highest BCUT2D eigenvalue weighted by molar-refractivity contribution is 6.09. The number of benzene rings is 3. The molecule has 0 radical (unpaired) electrons. The smallest absolute Gasteiger partial charge is 0.261 e. The lowest BCUT2D eigenvalue weighted by atomic mass is 10.1. The van der Waals surface area contributed by atoms with Gasteiger partial charge in [0, 0.05) is 12.1 Å². The predicted molar refractivity (Wildman–Crippen MR) is 127 cm³/mol. The van der Waals surface area contributed by atoms with E-state index >= 15 is 0 Å². The predicted octanol–water partition coefficient (Wildman–Crippen LogP) is 4.03. The summed E-state index contributed by atoms with van der Waals surface area (Å²) in [7, 11) is 0. The summed E-state index contributed by atoms with van der Waals surface area (Å²) in [6.45, 7) is 0. The molecule has 3 heterocycles. The summed E-state index contributed by atoms with van der Waals surface area (Å²) >= 11 is 0. The average Bonchev–Trinajstić information content (AvgIpc) is 3.44. The molecular weight excluding hydrogens is 435 g/mol. The molecule has 1 amide bonds. The minimum Gasteiger partial charge on any atom is -0.342 e. The number of para-hydroxylation sites is 1. The number of anilines is 1. The molecular formula is C25H17FN6O2. The van der Waals surface area contributed by atoms with Crippen LogP contribution in [0.3, 0.4) is 0 Å². The standard InChI is InChI=1S/C25H17FN6O2/c26-18-7-3-1-5-14(18)11-22-29-19-10-9-15(12-20(19)30-22)28-25(34)17-13-27-32-21-8-4-2-6-16(21)24(33)31-23(17)32/h1-10,12-13H,11H2,(H,28,34)(H,29,30)(H,31,33). The fraction of sp³-hybridized carbons (Fsp3) is 0.0400. The topological polar surface area (TPSA) is 108 Å². The van der Waals surface area contributed by atoms with Crippen LogP contribution >= 0.6 is 0 Å². The van der Waals surface area contributed by atoms with Gasteiger partial charge in [-0.1, -0.05) is 30.3 Å². The molecule has 0 aliphatic heterocycles. The second kappa shape index (κ2) is 7.66. The Hall–Kier alpha value is -4.79. The van der Waals surface area contributed by atoms with Crippen LogP contribution < -0.4 is 10.9 Å². The van der Waals surface area contributed by atoms with E-state index in [4.69, 9.17) is 0 Å². The zero-order chi connectivity index (χ0) is 23.2. The number of rotatable bonds is 4. The van der Waals surface area contributed by atoms with E-state index in [2.05, 4.69) is 25.4 Å². The number of H-pyrrole nitrogens is 2. The molecule has 34 heavy (non-hydrogen) atoms. The quantitative estimate of drug-likeness (QED) is 0.375. The lowest BCUT2D eigenvalue weighted by molar-refractivity contribution is 0.102. The molecule has 9 heteroatoms. The van der Waals surface area contributed by atoms with Gasteiger partial charge in [0.15, 0.2) is 0 Å². The fourth-order valence-corrected chi connectivity index (χ4v) is 4.09. The molecule has 0 spiro atoms. The van der Waals surface area contributed by atoms with Crippen molar-refractivity contribution in [3.63, 3.8) is 0 Å². The van der Waals surface area contributed by atoms with Crippen LogP contribution in [-0.4, -0.2) is 30.5 Å². The molecule has 0 saturated carbocycles. The normalized spacial score (nSPS) is 11.4. The molecule has 0 aliphatic carbocycles. The molecule has 3 aromatic heterocycles. The summed E-state index contributed by atoms with van der Waals surface area (Å²) in [5, 5.41) is 7.62. The van der Waals surface area contributed by atoms with E-state index in [1.807, 2.05) is 6.07 Å². The van der Waals surface area contributed by atoms with Gasteiger partial charge in [-0.3, -0.25) is 9.59 Å². The van der Waals surface area contributed by atoms with E-state index in [1.165, 1.54) is 12.3 Å². The largest absolute Gasteiger partial charge is 0.342 e. The molecule has 0 aliphatic rings. The number of hydrogen-bond acceptors (Lipinski definition) is 4. The molecule has 3 aromatic carbocycles. The van der Waals surface area contributed by atoms with Gasteiger partial charge in [-0.25, -0.2) is 13.9 Å². The molecule has 0 fully saturated rings. The molecule has 0 unspecified atom stereocenters. The summed E-state index contributed by atoms with van der Waals surface area (Å²) < 4.78 is 15.5. The fourth-order valence-electron chi connectivity index (χ4n) is 4.09. The van der Waals surface area contributed by atoms with Crippen LogP contribution in [0.1, 0.15) is 21.7 Å². The Kier molecular flexibility index (Phi) is 4.48. The van der Waals surface area contributed by atoms with Gasteiger partial charge in [0.1, 0.15) is 22.9 Å². The van der Waals surface area contributed by atoms with Crippen molar-refractivity contribution in [3.05, 3.63) is 106 Å². The van der Waals surface area contributed by atoms with Crippen LogP contribution in [0.5, 0.6) is 0 Å². The van der Waals surface area contributed by atoms with Crippen molar-refractivity contribution in [3.8, 4) is 0 Å². The maximum atomic E-state index is 14.0. The molecule has 6 rings (SSSR count). The van der Waals surface area contributed by atoms with Crippen LogP contribution in [0.15, 0.2) is 77.7 Å². The summed E-state index contributed by atoms with van der Waals surface area (Å²) in [4.78, 5) is 35.9. The van der Waals surface area contributed by atoms with Crippen molar-refractivity contribution in [2.45, 2.75) is 6.42 Å². The van der Waals surface area contributed by atoms with Crippen molar-refractivity contribution in [2.24, 2.45) is 0 Å². The van der Waals surface area contributed by atoms with E-state index < -0.39 is 5.91 Å². The highest BCUT2D eigenvalue weighted by atomic mass is 19.1. The first-order valence-corrected chi connectivity index (χ1v) is 10.6. The van der Waals surface area contributed by atoms with Gasteiger partial charge in [-0.2, -0.15) is 5.10 Å². The molecule has 3 N–H and O–H groups in total. The number of fused-ring (bicyclic) bond motifs is 4. The third-order valence-electron chi connectivity index (χ3n) is 5.73. The summed E-state index contributed by atoms with van der Waals surface area (Å²) in [6, 6.07) is 18.9. The number of aromatic amines is 2. The number of amides is 1. The highest BCUT2D eigenvalue weighted by Crippen LogP contribution is 2.21. The highest BCUT2D eigenvalue weighted by Gasteiger charge is 2.17. The van der Waals surface area contributed by atoms with Gasteiger partial charge in [-0.05, 0) is 42.0 Å². The summed E-state index contributed by atoms with van der Waals surface area (Å²) in [6.07, 6.45) is 1.75. The van der Waals surface area contributed by atoms with Crippen molar-refractivity contribution in [1.29, 1.82) is 0 Å². The van der Waals surface area contributed by atoms with Gasteiger partial charge in [-0.15, -0.1) is 0 Å². The van der Waals surface area contributed by atoms with Crippen LogP contribution in [-0.2, 0) is 6.42 Å². The third kappa shape index (κ3) is 3.30. The number of hydrogen-bond donors (Lipinski definition) is 3. The van der Waals surface area contributed by atoms with Crippen molar-refractivity contribution >= 4 is 39.2 Å². The van der Waals surface area contributed by atoms with E-state index in [0.717, 1.165) is 0 Å². The molecule has 166 valence electrons. The zero-order valence-corrected chi connectivity index (χ0v) is 17.7. The first kappa shape index (κ1) is 19.9. The maximum absolute atomic E-state index is 14.0. The molecule has 6 aromatic rings. The van der Waals surface area contributed by atoms with Gasteiger partial charge in [0.05, 0.1) is 28.1 Å².